The Hall–Kier alpha value is -2.11. The zero-order valence-corrected chi connectivity index (χ0v) is 7.04. The first-order chi connectivity index (χ1) is 6.50. The summed E-state index contributed by atoms with van der Waals surface area (Å²) < 4.78 is 12.7. The number of carbonyl (C=O) groups is 1. The maximum Gasteiger partial charge on any atom is 0.261 e. The number of amides is 1. The molecule has 0 fully saturated rings. The highest BCUT2D eigenvalue weighted by atomic mass is 19.1. The molecule has 5 nitrogen and oxygen atoms in total. The van der Waals surface area contributed by atoms with Crippen LogP contribution in [0.4, 0.5) is 4.39 Å². The normalized spacial score (nSPS) is 9.50. The summed E-state index contributed by atoms with van der Waals surface area (Å²) in [6.45, 7) is 0. The van der Waals surface area contributed by atoms with E-state index in [0.717, 1.165) is 18.2 Å². The molecule has 0 radical (unpaired) electrons. The number of aromatic hydroxyl groups is 1. The van der Waals surface area contributed by atoms with E-state index in [2.05, 4.69) is 0 Å². The van der Waals surface area contributed by atoms with Gasteiger partial charge in [-0.15, -0.1) is 0 Å². The van der Waals surface area contributed by atoms with E-state index in [1.54, 1.807) is 0 Å². The van der Waals surface area contributed by atoms with Crippen LogP contribution in [0.2, 0.25) is 0 Å². The Balaban J connectivity index is 3.00. The van der Waals surface area contributed by atoms with Crippen LogP contribution in [-0.4, -0.2) is 17.0 Å². The average Bonchev–Trinajstić information content (AvgIpc) is 2.08. The van der Waals surface area contributed by atoms with Crippen LogP contribution in [-0.2, 0) is 0 Å². The third-order valence-corrected chi connectivity index (χ3v) is 1.45. The molecule has 0 aliphatic heterocycles. The summed E-state index contributed by atoms with van der Waals surface area (Å²) in [5.41, 5.74) is 4.63. The van der Waals surface area contributed by atoms with Gasteiger partial charge in [0.1, 0.15) is 11.6 Å². The molecule has 1 aromatic carbocycles. The van der Waals surface area contributed by atoms with E-state index in [1.165, 1.54) is 0 Å². The quantitative estimate of drug-likeness (QED) is 0.381. The molecule has 0 aliphatic rings. The number of hydrogen-bond donors (Lipinski definition) is 4. The number of carbonyl (C=O) groups excluding carboxylic acids is 1. The van der Waals surface area contributed by atoms with Crippen molar-refractivity contribution in [2.24, 2.45) is 5.73 Å². The van der Waals surface area contributed by atoms with Crippen LogP contribution in [0.1, 0.15) is 10.4 Å². The molecule has 0 saturated carbocycles. The van der Waals surface area contributed by atoms with Gasteiger partial charge in [0.25, 0.3) is 5.91 Å². The van der Waals surface area contributed by atoms with Gasteiger partial charge in [-0.1, -0.05) is 0 Å². The molecule has 1 aromatic rings. The van der Waals surface area contributed by atoms with E-state index in [-0.39, 0.29) is 11.3 Å². The number of benzene rings is 1. The number of phenols is 1. The van der Waals surface area contributed by atoms with Gasteiger partial charge in [0, 0.05) is 0 Å². The first kappa shape index (κ1) is 9.97. The Morgan fingerprint density at radius 2 is 2.21 bits per heavy atom. The average molecular weight is 197 g/mol. The monoisotopic (exact) mass is 197 g/mol. The zero-order chi connectivity index (χ0) is 10.7. The fourth-order valence-electron chi connectivity index (χ4n) is 0.880. The lowest BCUT2D eigenvalue weighted by molar-refractivity contribution is 0.0973. The molecule has 5 N–H and O–H groups in total. The van der Waals surface area contributed by atoms with E-state index < -0.39 is 17.7 Å². The smallest absolute Gasteiger partial charge is 0.261 e. The lowest BCUT2D eigenvalue weighted by Crippen LogP contribution is -2.35. The van der Waals surface area contributed by atoms with E-state index in [0.29, 0.717) is 0 Å². The highest BCUT2D eigenvalue weighted by molar-refractivity contribution is 6.05. The van der Waals surface area contributed by atoms with Gasteiger partial charge in [-0.05, 0) is 18.2 Å². The summed E-state index contributed by atoms with van der Waals surface area (Å²) in [7, 11) is 0. The maximum atomic E-state index is 12.7. The SMILES string of the molecule is N=C(N)NC(=O)c1cc(F)ccc1O. The van der Waals surface area contributed by atoms with Crippen LogP contribution in [0.25, 0.3) is 0 Å². The van der Waals surface area contributed by atoms with Gasteiger partial charge in [0.15, 0.2) is 5.96 Å². The molecule has 0 unspecified atom stereocenters. The first-order valence-corrected chi connectivity index (χ1v) is 3.64. The molecule has 14 heavy (non-hydrogen) atoms. The molecule has 0 aromatic heterocycles. The standard InChI is InChI=1S/C8H8FN3O2/c9-4-1-2-6(13)5(3-4)7(14)12-8(10)11/h1-3,13H,(H4,10,11,12,14). The van der Waals surface area contributed by atoms with Crippen LogP contribution in [0.3, 0.4) is 0 Å². The van der Waals surface area contributed by atoms with Gasteiger partial charge >= 0.3 is 0 Å². The summed E-state index contributed by atoms with van der Waals surface area (Å²) in [4.78, 5) is 11.2. The van der Waals surface area contributed by atoms with Crippen LogP contribution >= 0.6 is 0 Å². The number of guanidine groups is 1. The van der Waals surface area contributed by atoms with E-state index in [9.17, 15) is 14.3 Å². The van der Waals surface area contributed by atoms with Crippen LogP contribution in [0.5, 0.6) is 5.75 Å². The number of hydrogen-bond acceptors (Lipinski definition) is 3. The minimum absolute atomic E-state index is 0.264. The van der Waals surface area contributed by atoms with E-state index in [4.69, 9.17) is 11.1 Å². The van der Waals surface area contributed by atoms with Gasteiger partial charge in [-0.25, -0.2) is 4.39 Å². The van der Waals surface area contributed by atoms with Crippen molar-refractivity contribution < 1.29 is 14.3 Å². The second-order valence-electron chi connectivity index (χ2n) is 2.53. The fraction of sp³-hybridized carbons (Fsp3) is 0. The van der Waals surface area contributed by atoms with Gasteiger partial charge in [-0.3, -0.25) is 15.5 Å². The van der Waals surface area contributed by atoms with Gasteiger partial charge in [0.05, 0.1) is 5.56 Å². The molecule has 6 heteroatoms. The number of rotatable bonds is 1. The largest absolute Gasteiger partial charge is 0.507 e. The Morgan fingerprint density at radius 1 is 1.57 bits per heavy atom. The molecule has 0 atom stereocenters. The summed E-state index contributed by atoms with van der Waals surface area (Å²) in [5, 5.41) is 17.9. The lowest BCUT2D eigenvalue weighted by atomic mass is 10.2. The van der Waals surface area contributed by atoms with Gasteiger partial charge in [-0.2, -0.15) is 0 Å². The Morgan fingerprint density at radius 3 is 2.79 bits per heavy atom. The van der Waals surface area contributed by atoms with Crippen molar-refractivity contribution in [1.29, 1.82) is 5.41 Å². The molecule has 0 bridgehead atoms. The van der Waals surface area contributed by atoms with Crippen molar-refractivity contribution in [2.75, 3.05) is 0 Å². The third kappa shape index (κ3) is 2.19. The predicted octanol–water partition coefficient (Wildman–Crippen LogP) is 0.155. The highest BCUT2D eigenvalue weighted by Crippen LogP contribution is 2.17. The predicted molar refractivity (Wildman–Crippen MR) is 47.4 cm³/mol. The minimum atomic E-state index is -0.825. The molecular formula is C8H8FN3O2. The molecule has 0 heterocycles. The van der Waals surface area contributed by atoms with Crippen molar-refractivity contribution in [3.8, 4) is 5.75 Å². The summed E-state index contributed by atoms with van der Waals surface area (Å²) in [6.07, 6.45) is 0. The minimum Gasteiger partial charge on any atom is -0.507 e. The molecule has 0 aliphatic carbocycles. The lowest BCUT2D eigenvalue weighted by Gasteiger charge is -2.04. The van der Waals surface area contributed by atoms with Gasteiger partial charge in [0.2, 0.25) is 0 Å². The van der Waals surface area contributed by atoms with E-state index >= 15 is 0 Å². The van der Waals surface area contributed by atoms with Crippen molar-refractivity contribution in [1.82, 2.24) is 5.32 Å². The molecule has 74 valence electrons. The van der Waals surface area contributed by atoms with Crippen molar-refractivity contribution in [2.45, 2.75) is 0 Å². The van der Waals surface area contributed by atoms with Crippen LogP contribution in [0.15, 0.2) is 18.2 Å². The number of halogens is 1. The van der Waals surface area contributed by atoms with Crippen LogP contribution < -0.4 is 11.1 Å². The number of nitrogens with one attached hydrogen (secondary N) is 2. The van der Waals surface area contributed by atoms with E-state index in [1.807, 2.05) is 5.32 Å². The highest BCUT2D eigenvalue weighted by Gasteiger charge is 2.12. The zero-order valence-electron chi connectivity index (χ0n) is 7.04. The summed E-state index contributed by atoms with van der Waals surface area (Å²) >= 11 is 0. The van der Waals surface area contributed by atoms with Crippen molar-refractivity contribution in [3.05, 3.63) is 29.6 Å². The molecular weight excluding hydrogens is 189 g/mol. The fourth-order valence-corrected chi connectivity index (χ4v) is 0.880. The Labute approximate surface area is 78.9 Å². The van der Waals surface area contributed by atoms with Gasteiger partial charge < -0.3 is 10.8 Å². The van der Waals surface area contributed by atoms with Crippen molar-refractivity contribution in [3.63, 3.8) is 0 Å². The number of nitrogens with two attached hydrogens (primary N) is 1. The molecule has 1 amide bonds. The van der Waals surface area contributed by atoms with Crippen molar-refractivity contribution >= 4 is 11.9 Å². The Bertz CT molecular complexity index is 392. The molecule has 0 saturated heterocycles. The second kappa shape index (κ2) is 3.73. The third-order valence-electron chi connectivity index (χ3n) is 1.45. The second-order valence-corrected chi connectivity index (χ2v) is 2.53. The summed E-state index contributed by atoms with van der Waals surface area (Å²) in [5.74, 6) is -2.42. The topological polar surface area (TPSA) is 99.2 Å². The molecule has 0 spiro atoms. The number of phenolic OH excluding ortho intramolecular Hbond substituents is 1. The van der Waals surface area contributed by atoms with Crippen LogP contribution in [0, 0.1) is 11.2 Å². The molecule has 1 rings (SSSR count). The summed E-state index contributed by atoms with van der Waals surface area (Å²) in [6, 6.07) is 2.91. The maximum absolute atomic E-state index is 12.7. The first-order valence-electron chi connectivity index (χ1n) is 3.64. The Kier molecular flexibility index (Phi) is 2.66.